The summed E-state index contributed by atoms with van der Waals surface area (Å²) >= 11 is 0. The van der Waals surface area contributed by atoms with Gasteiger partial charge in [-0.15, -0.1) is 0 Å². The summed E-state index contributed by atoms with van der Waals surface area (Å²) < 4.78 is 31.7. The number of piperidine rings is 1. The van der Waals surface area contributed by atoms with E-state index in [1.165, 1.54) is 5.56 Å². The average molecular weight is 554 g/mol. The van der Waals surface area contributed by atoms with Gasteiger partial charge in [0.05, 0.1) is 11.6 Å². The van der Waals surface area contributed by atoms with Gasteiger partial charge in [-0.3, -0.25) is 9.69 Å². The van der Waals surface area contributed by atoms with Crippen LogP contribution in [0.3, 0.4) is 0 Å². The Hall–Kier alpha value is -4.43. The van der Waals surface area contributed by atoms with Crippen molar-refractivity contribution in [2.75, 3.05) is 30.4 Å². The number of nitriles is 1. The summed E-state index contributed by atoms with van der Waals surface area (Å²) in [6.45, 7) is 4.69. The number of nitrogens with one attached hydrogen (secondary N) is 1. The summed E-state index contributed by atoms with van der Waals surface area (Å²) in [7, 11) is 2.16. The Labute approximate surface area is 230 Å². The maximum atomic E-state index is 12.6. The summed E-state index contributed by atoms with van der Waals surface area (Å²) in [4.78, 5) is 30.7. The molecule has 3 aromatic rings. The number of aromatic nitrogens is 1. The standard InChI is InChI=1S/C27H29N5O.C2HF3O2/c1-20-4-3-5-23(16-20)27(33)30-24-10-13-29-26(17-24)32-14-11-25(12-15-32)31(2)19-22-8-6-21(18-28)7-9-22;3-2(4,5)1(6)7/h3-10,13,16-17,25H,11-12,14-15,19H2,1-2H3,(H,29,30,33);(H,6,7). The van der Waals surface area contributed by atoms with E-state index in [0.29, 0.717) is 17.2 Å². The van der Waals surface area contributed by atoms with Gasteiger partial charge in [-0.1, -0.05) is 29.8 Å². The van der Waals surface area contributed by atoms with Crippen LogP contribution in [0.5, 0.6) is 0 Å². The lowest BCUT2D eigenvalue weighted by Gasteiger charge is -2.37. The summed E-state index contributed by atoms with van der Waals surface area (Å²) in [6.07, 6.45) is -1.23. The van der Waals surface area contributed by atoms with Crippen molar-refractivity contribution in [3.8, 4) is 6.07 Å². The number of amides is 1. The third kappa shape index (κ3) is 8.81. The molecule has 2 aromatic carbocycles. The Balaban J connectivity index is 0.000000559. The van der Waals surface area contributed by atoms with Gasteiger partial charge < -0.3 is 15.3 Å². The molecule has 1 aliphatic heterocycles. The first-order valence-corrected chi connectivity index (χ1v) is 12.5. The Bertz CT molecular complexity index is 1350. The molecule has 0 atom stereocenters. The fraction of sp³-hybridized carbons (Fsp3) is 0.310. The van der Waals surface area contributed by atoms with Crippen molar-refractivity contribution in [3.63, 3.8) is 0 Å². The van der Waals surface area contributed by atoms with Crippen molar-refractivity contribution in [3.05, 3.63) is 89.1 Å². The van der Waals surface area contributed by atoms with Crippen LogP contribution in [0.2, 0.25) is 0 Å². The highest BCUT2D eigenvalue weighted by molar-refractivity contribution is 6.04. The van der Waals surface area contributed by atoms with Gasteiger partial charge in [0.2, 0.25) is 0 Å². The molecule has 1 amide bonds. The number of anilines is 2. The van der Waals surface area contributed by atoms with Crippen LogP contribution in [0.15, 0.2) is 66.9 Å². The lowest BCUT2D eigenvalue weighted by molar-refractivity contribution is -0.192. The summed E-state index contributed by atoms with van der Waals surface area (Å²) in [5, 5.41) is 19.1. The van der Waals surface area contributed by atoms with E-state index in [4.69, 9.17) is 15.2 Å². The van der Waals surface area contributed by atoms with E-state index in [1.54, 1.807) is 6.20 Å². The van der Waals surface area contributed by atoms with Crippen LogP contribution in [-0.4, -0.2) is 59.2 Å². The van der Waals surface area contributed by atoms with Gasteiger partial charge in [0.25, 0.3) is 5.91 Å². The number of carbonyl (C=O) groups excluding carboxylic acids is 1. The van der Waals surface area contributed by atoms with E-state index in [-0.39, 0.29) is 5.91 Å². The van der Waals surface area contributed by atoms with Crippen LogP contribution in [0.4, 0.5) is 24.7 Å². The van der Waals surface area contributed by atoms with Crippen LogP contribution in [-0.2, 0) is 11.3 Å². The number of benzene rings is 2. The van der Waals surface area contributed by atoms with Crippen LogP contribution in [0.1, 0.15) is 39.9 Å². The summed E-state index contributed by atoms with van der Waals surface area (Å²) in [5.41, 5.74) is 4.38. The molecule has 11 heteroatoms. The van der Waals surface area contributed by atoms with Crippen LogP contribution >= 0.6 is 0 Å². The lowest BCUT2D eigenvalue weighted by Crippen LogP contribution is -2.43. The number of hydrogen-bond donors (Lipinski definition) is 2. The van der Waals surface area contributed by atoms with E-state index >= 15 is 0 Å². The van der Waals surface area contributed by atoms with Crippen molar-refractivity contribution < 1.29 is 27.9 Å². The molecule has 0 bridgehead atoms. The van der Waals surface area contributed by atoms with E-state index < -0.39 is 12.1 Å². The van der Waals surface area contributed by atoms with Crippen molar-refractivity contribution in [2.45, 2.75) is 38.5 Å². The molecule has 210 valence electrons. The molecule has 1 fully saturated rings. The second kappa shape index (κ2) is 13.6. The molecule has 1 saturated heterocycles. The number of rotatable bonds is 6. The van der Waals surface area contributed by atoms with Crippen molar-refractivity contribution in [1.82, 2.24) is 9.88 Å². The predicted molar refractivity (Wildman–Crippen MR) is 145 cm³/mol. The number of carboxylic acid groups (broad SMARTS) is 1. The molecule has 0 unspecified atom stereocenters. The number of aliphatic carboxylic acids is 1. The maximum absolute atomic E-state index is 12.6. The normalized spacial score (nSPS) is 13.7. The molecule has 4 rings (SSSR count). The van der Waals surface area contributed by atoms with Crippen LogP contribution in [0.25, 0.3) is 0 Å². The molecule has 0 aliphatic carbocycles. The number of halogens is 3. The van der Waals surface area contributed by atoms with Gasteiger partial charge in [-0.2, -0.15) is 18.4 Å². The highest BCUT2D eigenvalue weighted by atomic mass is 19.4. The number of carboxylic acids is 1. The van der Waals surface area contributed by atoms with Gasteiger partial charge in [-0.25, -0.2) is 9.78 Å². The smallest absolute Gasteiger partial charge is 0.475 e. The molecule has 0 spiro atoms. The van der Waals surface area contributed by atoms with Gasteiger partial charge in [0.15, 0.2) is 0 Å². The third-order valence-electron chi connectivity index (χ3n) is 6.45. The summed E-state index contributed by atoms with van der Waals surface area (Å²) in [5.74, 6) is -1.98. The van der Waals surface area contributed by atoms with Gasteiger partial charge in [-0.05, 0) is 62.7 Å². The van der Waals surface area contributed by atoms with E-state index in [0.717, 1.165) is 49.5 Å². The van der Waals surface area contributed by atoms with Crippen molar-refractivity contribution in [1.29, 1.82) is 5.26 Å². The largest absolute Gasteiger partial charge is 0.490 e. The molecular weight excluding hydrogens is 523 g/mol. The number of hydrogen-bond acceptors (Lipinski definition) is 6. The topological polar surface area (TPSA) is 110 Å². The quantitative estimate of drug-likeness (QED) is 0.429. The lowest BCUT2D eigenvalue weighted by atomic mass is 10.0. The van der Waals surface area contributed by atoms with Crippen LogP contribution in [0, 0.1) is 18.3 Å². The zero-order chi connectivity index (χ0) is 29.3. The molecule has 1 aromatic heterocycles. The molecule has 1 aliphatic rings. The Morgan fingerprint density at radius 2 is 1.77 bits per heavy atom. The first-order chi connectivity index (χ1) is 19.0. The molecule has 2 heterocycles. The predicted octanol–water partition coefficient (Wildman–Crippen LogP) is 5.25. The average Bonchev–Trinajstić information content (AvgIpc) is 2.93. The van der Waals surface area contributed by atoms with Crippen molar-refractivity contribution in [2.24, 2.45) is 0 Å². The fourth-order valence-electron chi connectivity index (χ4n) is 4.30. The first kappa shape index (κ1) is 30.1. The maximum Gasteiger partial charge on any atom is 0.490 e. The highest BCUT2D eigenvalue weighted by Gasteiger charge is 2.38. The SMILES string of the molecule is Cc1cccc(C(=O)Nc2ccnc(N3CCC(N(C)Cc4ccc(C#N)cc4)CC3)c2)c1.O=C(O)C(F)(F)F. The third-order valence-corrected chi connectivity index (χ3v) is 6.45. The molecule has 0 radical (unpaired) electrons. The zero-order valence-electron chi connectivity index (χ0n) is 22.2. The second-order valence-electron chi connectivity index (χ2n) is 9.47. The molecule has 8 nitrogen and oxygen atoms in total. The Kier molecular flexibility index (Phi) is 10.2. The number of alkyl halides is 3. The van der Waals surface area contributed by atoms with Gasteiger partial charge in [0, 0.05) is 49.2 Å². The number of nitrogens with zero attached hydrogens (tertiary/aromatic N) is 4. The summed E-state index contributed by atoms with van der Waals surface area (Å²) in [6, 6.07) is 21.9. The minimum atomic E-state index is -5.08. The Morgan fingerprint density at radius 3 is 2.35 bits per heavy atom. The monoisotopic (exact) mass is 553 g/mol. The van der Waals surface area contributed by atoms with E-state index in [9.17, 15) is 18.0 Å². The zero-order valence-corrected chi connectivity index (χ0v) is 22.2. The molecule has 40 heavy (non-hydrogen) atoms. The van der Waals surface area contributed by atoms with Gasteiger partial charge >= 0.3 is 12.1 Å². The minimum Gasteiger partial charge on any atom is -0.475 e. The number of pyridine rings is 1. The first-order valence-electron chi connectivity index (χ1n) is 12.5. The van der Waals surface area contributed by atoms with Crippen molar-refractivity contribution >= 4 is 23.4 Å². The Morgan fingerprint density at radius 1 is 1.12 bits per heavy atom. The highest BCUT2D eigenvalue weighted by Crippen LogP contribution is 2.24. The number of aryl methyl sites for hydroxylation is 1. The van der Waals surface area contributed by atoms with Gasteiger partial charge in [0.1, 0.15) is 5.82 Å². The van der Waals surface area contributed by atoms with Crippen LogP contribution < -0.4 is 10.2 Å². The molecule has 0 saturated carbocycles. The minimum absolute atomic E-state index is 0.112. The second-order valence-corrected chi connectivity index (χ2v) is 9.47. The molecular formula is C29H30F3N5O3. The van der Waals surface area contributed by atoms with E-state index in [2.05, 4.69) is 33.2 Å². The fourth-order valence-corrected chi connectivity index (χ4v) is 4.30. The molecule has 2 N–H and O–H groups in total. The van der Waals surface area contributed by atoms with E-state index in [1.807, 2.05) is 67.6 Å². The number of carbonyl (C=O) groups is 2.